The Labute approximate surface area is 103 Å². The Morgan fingerprint density at radius 1 is 1.35 bits per heavy atom. The van der Waals surface area contributed by atoms with E-state index in [0.29, 0.717) is 4.90 Å². The van der Waals surface area contributed by atoms with Gasteiger partial charge in [0.2, 0.25) is 10.0 Å². The average molecular weight is 256 g/mol. The molecule has 0 saturated heterocycles. The Kier molecular flexibility index (Phi) is 4.30. The first-order chi connectivity index (χ1) is 7.74. The van der Waals surface area contributed by atoms with E-state index in [2.05, 4.69) is 4.72 Å². The van der Waals surface area contributed by atoms with E-state index < -0.39 is 15.6 Å². The molecular weight excluding hydrogens is 236 g/mol. The third-order valence-corrected chi connectivity index (χ3v) is 3.73. The van der Waals surface area contributed by atoms with Crippen LogP contribution in [0.1, 0.15) is 26.3 Å². The van der Waals surface area contributed by atoms with Crippen molar-refractivity contribution >= 4 is 10.0 Å². The Morgan fingerprint density at radius 3 is 2.53 bits per heavy atom. The molecule has 0 saturated carbocycles. The maximum absolute atomic E-state index is 12.0. The third kappa shape index (κ3) is 4.46. The van der Waals surface area contributed by atoms with Crippen LogP contribution in [-0.4, -0.2) is 20.5 Å². The molecule has 0 amide bonds. The summed E-state index contributed by atoms with van der Waals surface area (Å²) >= 11 is 0. The predicted molar refractivity (Wildman–Crippen MR) is 69.3 cm³/mol. The quantitative estimate of drug-likeness (QED) is 0.833. The highest BCUT2D eigenvalue weighted by Crippen LogP contribution is 2.12. The van der Waals surface area contributed by atoms with Crippen molar-refractivity contribution in [2.75, 3.05) is 6.54 Å². The largest absolute Gasteiger partial charge is 0.324 e. The van der Waals surface area contributed by atoms with E-state index in [1.165, 1.54) is 0 Å². The number of rotatable bonds is 5. The lowest BCUT2D eigenvalue weighted by Gasteiger charge is -2.19. The van der Waals surface area contributed by atoms with E-state index in [0.717, 1.165) is 12.0 Å². The van der Waals surface area contributed by atoms with E-state index in [4.69, 9.17) is 5.73 Å². The minimum Gasteiger partial charge on any atom is -0.324 e. The molecule has 0 bridgehead atoms. The van der Waals surface area contributed by atoms with Crippen LogP contribution in [0.15, 0.2) is 29.2 Å². The second-order valence-corrected chi connectivity index (χ2v) is 6.58. The van der Waals surface area contributed by atoms with Gasteiger partial charge < -0.3 is 5.73 Å². The summed E-state index contributed by atoms with van der Waals surface area (Å²) in [6, 6.07) is 6.93. The molecule has 0 unspecified atom stereocenters. The highest BCUT2D eigenvalue weighted by molar-refractivity contribution is 7.89. The molecule has 1 aromatic rings. The Bertz CT molecular complexity index is 476. The van der Waals surface area contributed by atoms with Crippen LogP contribution in [-0.2, 0) is 16.4 Å². The molecule has 0 radical (unpaired) electrons. The van der Waals surface area contributed by atoms with Gasteiger partial charge in [0.05, 0.1) is 4.90 Å². The number of sulfonamides is 1. The first-order valence-electron chi connectivity index (χ1n) is 5.62. The number of nitrogens with one attached hydrogen (secondary N) is 1. The van der Waals surface area contributed by atoms with Crippen LogP contribution in [0.2, 0.25) is 0 Å². The molecule has 5 heteroatoms. The summed E-state index contributed by atoms with van der Waals surface area (Å²) in [4.78, 5) is 0.293. The van der Waals surface area contributed by atoms with Crippen molar-refractivity contribution in [2.24, 2.45) is 5.73 Å². The van der Waals surface area contributed by atoms with Gasteiger partial charge >= 0.3 is 0 Å². The molecule has 0 aliphatic rings. The van der Waals surface area contributed by atoms with Crippen molar-refractivity contribution in [2.45, 2.75) is 37.6 Å². The summed E-state index contributed by atoms with van der Waals surface area (Å²) in [5, 5.41) is 0. The molecule has 0 aliphatic carbocycles. The lowest BCUT2D eigenvalue weighted by molar-refractivity contribution is 0.498. The van der Waals surface area contributed by atoms with E-state index in [9.17, 15) is 8.42 Å². The molecule has 1 aromatic carbocycles. The summed E-state index contributed by atoms with van der Waals surface area (Å²) in [6.45, 7) is 5.75. The van der Waals surface area contributed by atoms with Gasteiger partial charge in [-0.3, -0.25) is 0 Å². The average Bonchev–Trinajstić information content (AvgIpc) is 2.26. The van der Waals surface area contributed by atoms with Gasteiger partial charge in [-0.1, -0.05) is 19.1 Å². The van der Waals surface area contributed by atoms with Gasteiger partial charge in [-0.05, 0) is 38.0 Å². The van der Waals surface area contributed by atoms with Crippen molar-refractivity contribution in [1.82, 2.24) is 4.72 Å². The Morgan fingerprint density at radius 2 is 2.00 bits per heavy atom. The van der Waals surface area contributed by atoms with Crippen molar-refractivity contribution in [3.05, 3.63) is 29.8 Å². The smallest absolute Gasteiger partial charge is 0.240 e. The topological polar surface area (TPSA) is 72.2 Å². The van der Waals surface area contributed by atoms with Crippen LogP contribution in [0.5, 0.6) is 0 Å². The molecule has 1 rings (SSSR count). The first kappa shape index (κ1) is 14.2. The van der Waals surface area contributed by atoms with Gasteiger partial charge in [0.1, 0.15) is 0 Å². The predicted octanol–water partition coefficient (Wildman–Crippen LogP) is 1.26. The van der Waals surface area contributed by atoms with E-state index >= 15 is 0 Å². The van der Waals surface area contributed by atoms with Crippen molar-refractivity contribution in [1.29, 1.82) is 0 Å². The van der Waals surface area contributed by atoms with Gasteiger partial charge in [0, 0.05) is 12.1 Å². The van der Waals surface area contributed by atoms with Gasteiger partial charge in [0.25, 0.3) is 0 Å². The SMILES string of the molecule is CCc1cccc(S(=O)(=O)NCC(C)(C)N)c1. The van der Waals surface area contributed by atoms with Crippen LogP contribution in [0.25, 0.3) is 0 Å². The number of nitrogens with two attached hydrogens (primary N) is 1. The van der Waals surface area contributed by atoms with Gasteiger partial charge in [0.15, 0.2) is 0 Å². The monoisotopic (exact) mass is 256 g/mol. The second-order valence-electron chi connectivity index (χ2n) is 4.81. The van der Waals surface area contributed by atoms with Crippen LogP contribution in [0.3, 0.4) is 0 Å². The summed E-state index contributed by atoms with van der Waals surface area (Å²) in [6.07, 6.45) is 0.811. The van der Waals surface area contributed by atoms with Crippen LogP contribution in [0, 0.1) is 0 Å². The van der Waals surface area contributed by atoms with Crippen molar-refractivity contribution < 1.29 is 8.42 Å². The third-order valence-electron chi connectivity index (χ3n) is 2.33. The molecule has 0 heterocycles. The van der Waals surface area contributed by atoms with Crippen LogP contribution in [0.4, 0.5) is 0 Å². The molecule has 0 aromatic heterocycles. The normalized spacial score (nSPS) is 12.7. The molecule has 4 nitrogen and oxygen atoms in total. The number of hydrogen-bond donors (Lipinski definition) is 2. The number of aryl methyl sites for hydroxylation is 1. The fourth-order valence-electron chi connectivity index (χ4n) is 1.30. The van der Waals surface area contributed by atoms with Crippen LogP contribution < -0.4 is 10.5 Å². The molecule has 96 valence electrons. The zero-order valence-corrected chi connectivity index (χ0v) is 11.3. The lowest BCUT2D eigenvalue weighted by Crippen LogP contribution is -2.45. The number of benzene rings is 1. The molecule has 3 N–H and O–H groups in total. The van der Waals surface area contributed by atoms with Crippen LogP contribution >= 0.6 is 0 Å². The van der Waals surface area contributed by atoms with Crippen molar-refractivity contribution in [3.8, 4) is 0 Å². The zero-order chi connectivity index (χ0) is 13.1. The highest BCUT2D eigenvalue weighted by atomic mass is 32.2. The maximum Gasteiger partial charge on any atom is 0.240 e. The summed E-state index contributed by atoms with van der Waals surface area (Å²) in [5.41, 5.74) is 6.19. The summed E-state index contributed by atoms with van der Waals surface area (Å²) in [7, 11) is -3.46. The highest BCUT2D eigenvalue weighted by Gasteiger charge is 2.18. The molecule has 0 fully saturated rings. The standard InChI is InChI=1S/C12H20N2O2S/c1-4-10-6-5-7-11(8-10)17(15,16)14-9-12(2,3)13/h5-8,14H,4,9,13H2,1-3H3. The fourth-order valence-corrected chi connectivity index (χ4v) is 2.59. The van der Waals surface area contributed by atoms with E-state index in [-0.39, 0.29) is 6.54 Å². The van der Waals surface area contributed by atoms with Crippen molar-refractivity contribution in [3.63, 3.8) is 0 Å². The van der Waals surface area contributed by atoms with Gasteiger partial charge in [-0.25, -0.2) is 13.1 Å². The zero-order valence-electron chi connectivity index (χ0n) is 10.5. The molecule has 17 heavy (non-hydrogen) atoms. The van der Waals surface area contributed by atoms with Gasteiger partial charge in [-0.15, -0.1) is 0 Å². The summed E-state index contributed by atoms with van der Waals surface area (Å²) < 4.78 is 26.5. The summed E-state index contributed by atoms with van der Waals surface area (Å²) in [5.74, 6) is 0. The minimum absolute atomic E-state index is 0.214. The number of hydrogen-bond acceptors (Lipinski definition) is 3. The maximum atomic E-state index is 12.0. The van der Waals surface area contributed by atoms with E-state index in [1.807, 2.05) is 13.0 Å². The lowest BCUT2D eigenvalue weighted by atomic mass is 10.1. The Balaban J connectivity index is 2.89. The molecular formula is C12H20N2O2S. The molecule has 0 atom stereocenters. The second kappa shape index (κ2) is 5.16. The molecule has 0 spiro atoms. The minimum atomic E-state index is -3.46. The Hall–Kier alpha value is -0.910. The first-order valence-corrected chi connectivity index (χ1v) is 7.10. The molecule has 0 aliphatic heterocycles. The fraction of sp³-hybridized carbons (Fsp3) is 0.500. The van der Waals surface area contributed by atoms with Gasteiger partial charge in [-0.2, -0.15) is 0 Å². The van der Waals surface area contributed by atoms with E-state index in [1.54, 1.807) is 32.0 Å².